The second-order valence-corrected chi connectivity index (χ2v) is 7.53. The minimum atomic E-state index is -0.0766. The first-order chi connectivity index (χ1) is 14.0. The summed E-state index contributed by atoms with van der Waals surface area (Å²) in [5, 5.41) is 3.49. The molecule has 1 atom stereocenters. The molecule has 0 bridgehead atoms. The summed E-state index contributed by atoms with van der Waals surface area (Å²) in [6, 6.07) is 7.16. The van der Waals surface area contributed by atoms with E-state index in [1.54, 1.807) is 26.4 Å². The van der Waals surface area contributed by atoms with Crippen LogP contribution in [0.1, 0.15) is 12.8 Å². The maximum atomic E-state index is 12.5. The van der Waals surface area contributed by atoms with Crippen LogP contribution < -0.4 is 14.8 Å². The molecule has 8 heteroatoms. The molecule has 1 aliphatic heterocycles. The van der Waals surface area contributed by atoms with Crippen LogP contribution in [0.3, 0.4) is 0 Å². The van der Waals surface area contributed by atoms with E-state index < -0.39 is 0 Å². The smallest absolute Gasteiger partial charge is 0.241 e. The van der Waals surface area contributed by atoms with E-state index in [0.29, 0.717) is 27.9 Å². The number of nitrogens with zero attached hydrogens (tertiary/aromatic N) is 3. The van der Waals surface area contributed by atoms with E-state index in [2.05, 4.69) is 10.2 Å². The number of fused-ring (bicyclic) bond motifs is 1. The number of nitrogens with one attached hydrogen (secondary N) is 1. The van der Waals surface area contributed by atoms with Crippen molar-refractivity contribution in [3.8, 4) is 22.8 Å². The van der Waals surface area contributed by atoms with Crippen molar-refractivity contribution in [3.63, 3.8) is 0 Å². The van der Waals surface area contributed by atoms with Crippen LogP contribution in [0.25, 0.3) is 16.9 Å². The lowest BCUT2D eigenvalue weighted by Crippen LogP contribution is -2.37. The Morgan fingerprint density at radius 3 is 2.72 bits per heavy atom. The number of carbonyl (C=O) groups excluding carboxylic acids is 1. The van der Waals surface area contributed by atoms with Crippen LogP contribution >= 0.6 is 11.6 Å². The molecule has 7 nitrogen and oxygen atoms in total. The van der Waals surface area contributed by atoms with Crippen LogP contribution in [0, 0.1) is 0 Å². The standard InChI is InChI=1S/C21H23ClN4O3/c1-25-7-4-5-17(25)21(27)23-13-6-8-26-12-16(24-20(26)9-13)14-10-15(22)19(29-3)11-18(14)28-2/h6,8-12,17H,4-5,7H2,1-3H3,(H,23,27). The van der Waals surface area contributed by atoms with Crippen LogP contribution in [0.5, 0.6) is 11.5 Å². The predicted octanol–water partition coefficient (Wildman–Crippen LogP) is 3.70. The third kappa shape index (κ3) is 3.75. The van der Waals surface area contributed by atoms with Gasteiger partial charge in [0.2, 0.25) is 5.91 Å². The lowest BCUT2D eigenvalue weighted by atomic mass is 10.1. The Kier molecular flexibility index (Phi) is 5.34. The summed E-state index contributed by atoms with van der Waals surface area (Å²) < 4.78 is 12.6. The predicted molar refractivity (Wildman–Crippen MR) is 113 cm³/mol. The van der Waals surface area contributed by atoms with E-state index in [4.69, 9.17) is 26.1 Å². The number of likely N-dealkylation sites (N-methyl/N-ethyl adjacent to an activating group) is 1. The van der Waals surface area contributed by atoms with Gasteiger partial charge in [0, 0.05) is 35.8 Å². The Balaban J connectivity index is 1.64. The Hall–Kier alpha value is -2.77. The number of benzene rings is 1. The molecule has 0 radical (unpaired) electrons. The van der Waals surface area contributed by atoms with Crippen LogP contribution in [0.15, 0.2) is 36.7 Å². The minimum absolute atomic E-state index is 0.0183. The lowest BCUT2D eigenvalue weighted by molar-refractivity contribution is -0.119. The second kappa shape index (κ2) is 7.93. The zero-order valence-electron chi connectivity index (χ0n) is 16.6. The van der Waals surface area contributed by atoms with Gasteiger partial charge in [-0.05, 0) is 38.6 Å². The molecule has 3 aromatic rings. The van der Waals surface area contributed by atoms with Gasteiger partial charge in [-0.3, -0.25) is 9.69 Å². The van der Waals surface area contributed by atoms with Gasteiger partial charge in [0.05, 0.1) is 31.0 Å². The third-order valence-electron chi connectivity index (χ3n) is 5.30. The number of hydrogen-bond acceptors (Lipinski definition) is 5. The van der Waals surface area contributed by atoms with Gasteiger partial charge in [-0.1, -0.05) is 11.6 Å². The van der Waals surface area contributed by atoms with Crippen LogP contribution in [-0.2, 0) is 4.79 Å². The SMILES string of the molecule is COc1cc(OC)c(-c2cn3ccc(NC(=O)C4CCCN4C)cc3n2)cc1Cl. The molecule has 1 amide bonds. The molecule has 1 aliphatic rings. The molecule has 4 rings (SSSR count). The first kappa shape index (κ1) is 19.5. The molecule has 1 saturated heterocycles. The van der Waals surface area contributed by atoms with Crippen LogP contribution in [0.4, 0.5) is 5.69 Å². The number of hydrogen-bond donors (Lipinski definition) is 1. The molecule has 1 N–H and O–H groups in total. The van der Waals surface area contributed by atoms with Gasteiger partial charge in [-0.2, -0.15) is 0 Å². The molecule has 29 heavy (non-hydrogen) atoms. The van der Waals surface area contributed by atoms with E-state index in [9.17, 15) is 4.79 Å². The van der Waals surface area contributed by atoms with E-state index in [-0.39, 0.29) is 11.9 Å². The number of aromatic nitrogens is 2. The highest BCUT2D eigenvalue weighted by molar-refractivity contribution is 6.32. The summed E-state index contributed by atoms with van der Waals surface area (Å²) in [6.45, 7) is 0.951. The van der Waals surface area contributed by atoms with E-state index in [1.807, 2.05) is 36.0 Å². The first-order valence-electron chi connectivity index (χ1n) is 9.42. The minimum Gasteiger partial charge on any atom is -0.496 e. The van der Waals surface area contributed by atoms with E-state index in [0.717, 1.165) is 30.6 Å². The van der Waals surface area contributed by atoms with Crippen molar-refractivity contribution < 1.29 is 14.3 Å². The number of likely N-dealkylation sites (tertiary alicyclic amines) is 1. The van der Waals surface area contributed by atoms with Crippen molar-refractivity contribution in [3.05, 3.63) is 41.7 Å². The summed E-state index contributed by atoms with van der Waals surface area (Å²) in [4.78, 5) is 19.3. The molecular formula is C21H23ClN4O3. The number of methoxy groups -OCH3 is 2. The normalized spacial score (nSPS) is 16.9. The molecule has 2 aromatic heterocycles. The number of amides is 1. The number of rotatable bonds is 5. The lowest BCUT2D eigenvalue weighted by Gasteiger charge is -2.18. The summed E-state index contributed by atoms with van der Waals surface area (Å²) in [5.41, 5.74) is 2.91. The van der Waals surface area contributed by atoms with Gasteiger partial charge >= 0.3 is 0 Å². The molecule has 1 fully saturated rings. The highest BCUT2D eigenvalue weighted by atomic mass is 35.5. The average Bonchev–Trinajstić information content (AvgIpc) is 3.33. The van der Waals surface area contributed by atoms with Crippen molar-refractivity contribution in [2.75, 3.05) is 33.1 Å². The number of halogens is 1. The summed E-state index contributed by atoms with van der Waals surface area (Å²) in [5.74, 6) is 1.18. The fourth-order valence-electron chi connectivity index (χ4n) is 3.72. The molecular weight excluding hydrogens is 392 g/mol. The molecule has 0 spiro atoms. The van der Waals surface area contributed by atoms with E-state index in [1.165, 1.54) is 0 Å². The molecule has 1 unspecified atom stereocenters. The Labute approximate surface area is 174 Å². The van der Waals surface area contributed by atoms with Crippen molar-refractivity contribution >= 4 is 28.8 Å². The van der Waals surface area contributed by atoms with Gasteiger partial charge in [0.25, 0.3) is 0 Å². The van der Waals surface area contributed by atoms with Gasteiger partial charge in [0.15, 0.2) is 0 Å². The topological polar surface area (TPSA) is 68.1 Å². The molecule has 152 valence electrons. The van der Waals surface area contributed by atoms with Gasteiger partial charge in [-0.25, -0.2) is 4.98 Å². The van der Waals surface area contributed by atoms with Crippen molar-refractivity contribution in [1.29, 1.82) is 0 Å². The monoisotopic (exact) mass is 414 g/mol. The number of carbonyl (C=O) groups is 1. The van der Waals surface area contributed by atoms with Gasteiger partial charge in [0.1, 0.15) is 17.1 Å². The summed E-state index contributed by atoms with van der Waals surface area (Å²) in [7, 11) is 5.13. The zero-order chi connectivity index (χ0) is 20.5. The van der Waals surface area contributed by atoms with Crippen molar-refractivity contribution in [1.82, 2.24) is 14.3 Å². The molecule has 0 aliphatic carbocycles. The maximum absolute atomic E-state index is 12.5. The first-order valence-corrected chi connectivity index (χ1v) is 9.79. The molecule has 1 aromatic carbocycles. The number of imidazole rings is 1. The fraction of sp³-hybridized carbons (Fsp3) is 0.333. The maximum Gasteiger partial charge on any atom is 0.241 e. The summed E-state index contributed by atoms with van der Waals surface area (Å²) in [6.07, 6.45) is 5.70. The van der Waals surface area contributed by atoms with E-state index >= 15 is 0 Å². The Morgan fingerprint density at radius 1 is 1.24 bits per heavy atom. The van der Waals surface area contributed by atoms with Gasteiger partial charge in [-0.15, -0.1) is 0 Å². The van der Waals surface area contributed by atoms with Crippen molar-refractivity contribution in [2.24, 2.45) is 0 Å². The molecule has 3 heterocycles. The van der Waals surface area contributed by atoms with Crippen LogP contribution in [-0.4, -0.2) is 54.0 Å². The fourth-order valence-corrected chi connectivity index (χ4v) is 3.96. The van der Waals surface area contributed by atoms with Crippen molar-refractivity contribution in [2.45, 2.75) is 18.9 Å². The largest absolute Gasteiger partial charge is 0.496 e. The zero-order valence-corrected chi connectivity index (χ0v) is 17.4. The third-order valence-corrected chi connectivity index (χ3v) is 5.60. The van der Waals surface area contributed by atoms with Crippen LogP contribution in [0.2, 0.25) is 5.02 Å². The highest BCUT2D eigenvalue weighted by Crippen LogP contribution is 2.38. The van der Waals surface area contributed by atoms with Gasteiger partial charge < -0.3 is 19.2 Å². The second-order valence-electron chi connectivity index (χ2n) is 7.12. The Morgan fingerprint density at radius 2 is 2.03 bits per heavy atom. The Bertz CT molecular complexity index is 1070. The average molecular weight is 415 g/mol. The number of anilines is 1. The summed E-state index contributed by atoms with van der Waals surface area (Å²) >= 11 is 6.30. The highest BCUT2D eigenvalue weighted by Gasteiger charge is 2.27. The number of ether oxygens (including phenoxy) is 2. The quantitative estimate of drug-likeness (QED) is 0.689. The number of pyridine rings is 1. The molecule has 0 saturated carbocycles.